The van der Waals surface area contributed by atoms with E-state index < -0.39 is 11.6 Å². The summed E-state index contributed by atoms with van der Waals surface area (Å²) in [6, 6.07) is 13.9. The number of methoxy groups -OCH3 is 1. The Balaban J connectivity index is 1.66. The van der Waals surface area contributed by atoms with Crippen molar-refractivity contribution in [3.05, 3.63) is 89.7 Å². The molecule has 2 aromatic heterocycles. The van der Waals surface area contributed by atoms with Gasteiger partial charge in [0.05, 0.1) is 18.8 Å². The number of benzene rings is 2. The summed E-state index contributed by atoms with van der Waals surface area (Å²) in [5.41, 5.74) is 2.65. The monoisotopic (exact) mass is 404 g/mol. The first-order chi connectivity index (χ1) is 14.4. The van der Waals surface area contributed by atoms with Gasteiger partial charge in [0.15, 0.2) is 0 Å². The Labute approximate surface area is 171 Å². The van der Waals surface area contributed by atoms with E-state index in [1.165, 1.54) is 22.8 Å². The number of nitrogens with zero attached hydrogens (tertiary/aromatic N) is 2. The van der Waals surface area contributed by atoms with E-state index in [1.54, 1.807) is 25.6 Å². The zero-order valence-corrected chi connectivity index (χ0v) is 16.1. The Hall–Kier alpha value is -3.87. The first-order valence-corrected chi connectivity index (χ1v) is 9.17. The fourth-order valence-electron chi connectivity index (χ4n) is 3.28. The van der Waals surface area contributed by atoms with Crippen LogP contribution in [0.1, 0.15) is 5.56 Å². The molecule has 0 aliphatic heterocycles. The predicted molar refractivity (Wildman–Crippen MR) is 111 cm³/mol. The van der Waals surface area contributed by atoms with Crippen molar-refractivity contribution in [3.8, 4) is 16.9 Å². The minimum atomic E-state index is -0.679. The Bertz CT molecular complexity index is 1310. The summed E-state index contributed by atoms with van der Waals surface area (Å²) >= 11 is 0. The molecule has 0 fully saturated rings. The Morgan fingerprint density at radius 3 is 2.50 bits per heavy atom. The van der Waals surface area contributed by atoms with Crippen LogP contribution in [-0.4, -0.2) is 22.5 Å². The summed E-state index contributed by atoms with van der Waals surface area (Å²) in [7, 11) is 1.58. The van der Waals surface area contributed by atoms with Crippen molar-refractivity contribution in [1.29, 1.82) is 10.8 Å². The quantitative estimate of drug-likeness (QED) is 0.387. The smallest absolute Gasteiger partial charge is 0.137 e. The number of rotatable bonds is 4. The SMILES string of the molecule is COc1cnc2ccc(CC(=N)n3cc(-c4cc(F)cc(F)c4)ccc3=N)cc2c1. The van der Waals surface area contributed by atoms with E-state index in [0.717, 1.165) is 22.5 Å². The molecule has 150 valence electrons. The number of ether oxygens (including phenoxy) is 1. The average molecular weight is 404 g/mol. The van der Waals surface area contributed by atoms with Gasteiger partial charge < -0.3 is 4.74 Å². The molecule has 0 aliphatic carbocycles. The summed E-state index contributed by atoms with van der Waals surface area (Å²) < 4.78 is 33.8. The van der Waals surface area contributed by atoms with Crippen LogP contribution in [0.15, 0.2) is 67.0 Å². The lowest BCUT2D eigenvalue weighted by atomic mass is 10.1. The van der Waals surface area contributed by atoms with Gasteiger partial charge in [0, 0.05) is 24.1 Å². The molecule has 2 N–H and O–H groups in total. The number of nitrogens with one attached hydrogen (secondary N) is 2. The highest BCUT2D eigenvalue weighted by Crippen LogP contribution is 2.22. The third kappa shape index (κ3) is 3.96. The summed E-state index contributed by atoms with van der Waals surface area (Å²) in [6.07, 6.45) is 3.46. The molecule has 0 bridgehead atoms. The molecule has 2 heterocycles. The van der Waals surface area contributed by atoms with E-state index >= 15 is 0 Å². The molecule has 0 saturated carbocycles. The number of pyridine rings is 2. The average Bonchev–Trinajstić information content (AvgIpc) is 2.72. The third-order valence-corrected chi connectivity index (χ3v) is 4.76. The van der Waals surface area contributed by atoms with Crippen LogP contribution in [0.5, 0.6) is 5.75 Å². The van der Waals surface area contributed by atoms with Gasteiger partial charge in [-0.15, -0.1) is 0 Å². The molecule has 4 rings (SSSR count). The van der Waals surface area contributed by atoms with Crippen molar-refractivity contribution < 1.29 is 13.5 Å². The lowest BCUT2D eigenvalue weighted by molar-refractivity contribution is 0.414. The molecule has 7 heteroatoms. The van der Waals surface area contributed by atoms with Crippen molar-refractivity contribution >= 4 is 16.7 Å². The highest BCUT2D eigenvalue weighted by Gasteiger charge is 2.09. The summed E-state index contributed by atoms with van der Waals surface area (Å²) in [5, 5.41) is 17.5. The van der Waals surface area contributed by atoms with Crippen molar-refractivity contribution in [2.24, 2.45) is 0 Å². The van der Waals surface area contributed by atoms with E-state index in [1.807, 2.05) is 24.3 Å². The van der Waals surface area contributed by atoms with Crippen molar-refractivity contribution in [2.45, 2.75) is 6.42 Å². The van der Waals surface area contributed by atoms with Crippen LogP contribution in [0.2, 0.25) is 0 Å². The van der Waals surface area contributed by atoms with Crippen LogP contribution in [-0.2, 0) is 6.42 Å². The van der Waals surface area contributed by atoms with Gasteiger partial charge >= 0.3 is 0 Å². The molecular formula is C23H18F2N4O. The largest absolute Gasteiger partial charge is 0.495 e. The molecule has 4 aromatic rings. The van der Waals surface area contributed by atoms with Crippen LogP contribution in [0.4, 0.5) is 8.78 Å². The summed E-state index contributed by atoms with van der Waals surface area (Å²) in [5.74, 6) is -0.551. The van der Waals surface area contributed by atoms with Gasteiger partial charge in [-0.1, -0.05) is 6.07 Å². The van der Waals surface area contributed by atoms with Gasteiger partial charge in [0.25, 0.3) is 0 Å². The van der Waals surface area contributed by atoms with Gasteiger partial charge in [-0.2, -0.15) is 0 Å². The van der Waals surface area contributed by atoms with Crippen molar-refractivity contribution in [1.82, 2.24) is 9.55 Å². The molecule has 0 spiro atoms. The minimum absolute atomic E-state index is 0.102. The highest BCUT2D eigenvalue weighted by atomic mass is 19.1. The molecule has 0 aliphatic rings. The van der Waals surface area contributed by atoms with Crippen molar-refractivity contribution in [3.63, 3.8) is 0 Å². The lowest BCUT2D eigenvalue weighted by Gasteiger charge is -2.12. The second-order valence-corrected chi connectivity index (χ2v) is 6.86. The van der Waals surface area contributed by atoms with Gasteiger partial charge in [0.1, 0.15) is 28.7 Å². The molecular weight excluding hydrogens is 386 g/mol. The maximum atomic E-state index is 13.6. The Kier molecular flexibility index (Phi) is 5.10. The molecule has 0 unspecified atom stereocenters. The zero-order valence-electron chi connectivity index (χ0n) is 16.1. The first kappa shape index (κ1) is 19.4. The molecule has 0 radical (unpaired) electrons. The zero-order chi connectivity index (χ0) is 21.3. The summed E-state index contributed by atoms with van der Waals surface area (Å²) in [4.78, 5) is 4.33. The number of hydrogen-bond acceptors (Lipinski definition) is 4. The molecule has 2 aromatic carbocycles. The maximum Gasteiger partial charge on any atom is 0.137 e. The normalized spacial score (nSPS) is 10.9. The van der Waals surface area contributed by atoms with Gasteiger partial charge in [-0.05, 0) is 59.2 Å². The van der Waals surface area contributed by atoms with E-state index in [4.69, 9.17) is 15.6 Å². The van der Waals surface area contributed by atoms with E-state index in [0.29, 0.717) is 16.9 Å². The van der Waals surface area contributed by atoms with E-state index in [-0.39, 0.29) is 17.7 Å². The van der Waals surface area contributed by atoms with Crippen molar-refractivity contribution in [2.75, 3.05) is 7.11 Å². The fraction of sp³-hybridized carbons (Fsp3) is 0.0870. The van der Waals surface area contributed by atoms with E-state index in [9.17, 15) is 8.78 Å². The fourth-order valence-corrected chi connectivity index (χ4v) is 3.28. The topological polar surface area (TPSA) is 74.8 Å². The minimum Gasteiger partial charge on any atom is -0.495 e. The first-order valence-electron chi connectivity index (χ1n) is 9.17. The number of aromatic nitrogens is 2. The van der Waals surface area contributed by atoms with Gasteiger partial charge in [-0.25, -0.2) is 8.78 Å². The highest BCUT2D eigenvalue weighted by molar-refractivity contribution is 5.87. The molecule has 5 nitrogen and oxygen atoms in total. The second kappa shape index (κ2) is 7.87. The van der Waals surface area contributed by atoms with Crippen LogP contribution < -0.4 is 10.2 Å². The molecule has 0 amide bonds. The maximum absolute atomic E-state index is 13.6. The van der Waals surface area contributed by atoms with Gasteiger partial charge in [0.2, 0.25) is 0 Å². The summed E-state index contributed by atoms with van der Waals surface area (Å²) in [6.45, 7) is 0. The Morgan fingerprint density at radius 1 is 1.00 bits per heavy atom. The molecule has 0 saturated heterocycles. The standard InChI is InChI=1S/C23H18F2N4O/c1-30-20-10-17-6-14(2-4-21(17)28-12-20)7-23(27)29-13-15(3-5-22(29)26)16-8-18(24)11-19(25)9-16/h2-6,8-13,26-27H,7H2,1H3. The van der Waals surface area contributed by atoms with Crippen LogP contribution in [0.3, 0.4) is 0 Å². The van der Waals surface area contributed by atoms with Crippen LogP contribution in [0, 0.1) is 22.5 Å². The predicted octanol–water partition coefficient (Wildman–Crippen LogP) is 4.54. The van der Waals surface area contributed by atoms with Gasteiger partial charge in [-0.3, -0.25) is 20.4 Å². The van der Waals surface area contributed by atoms with E-state index in [2.05, 4.69) is 4.98 Å². The molecule has 0 atom stereocenters. The second-order valence-electron chi connectivity index (χ2n) is 6.86. The number of hydrogen-bond donors (Lipinski definition) is 2. The number of fused-ring (bicyclic) bond motifs is 1. The number of halogens is 2. The van der Waals surface area contributed by atoms with Crippen LogP contribution in [0.25, 0.3) is 22.0 Å². The third-order valence-electron chi connectivity index (χ3n) is 4.76. The molecule has 30 heavy (non-hydrogen) atoms. The Morgan fingerprint density at radius 2 is 1.77 bits per heavy atom. The van der Waals surface area contributed by atoms with Crippen LogP contribution >= 0.6 is 0 Å². The lowest BCUT2D eigenvalue weighted by Crippen LogP contribution is -2.27.